The summed E-state index contributed by atoms with van der Waals surface area (Å²) in [6.07, 6.45) is 1.47. The molecule has 0 fully saturated rings. The lowest BCUT2D eigenvalue weighted by Gasteiger charge is -2.21. The van der Waals surface area contributed by atoms with E-state index in [-0.39, 0.29) is 35.6 Å². The number of ketones is 1. The molecule has 0 radical (unpaired) electrons. The molecule has 4 aromatic rings. The Morgan fingerprint density at radius 1 is 1.05 bits per heavy atom. The highest BCUT2D eigenvalue weighted by Gasteiger charge is 2.34. The third-order valence-corrected chi connectivity index (χ3v) is 6.55. The number of amides is 1. The van der Waals surface area contributed by atoms with Gasteiger partial charge >= 0.3 is 0 Å². The van der Waals surface area contributed by atoms with Crippen molar-refractivity contribution in [2.24, 2.45) is 5.92 Å². The van der Waals surface area contributed by atoms with Crippen LogP contribution in [0, 0.1) is 18.7 Å². The number of nitrogens with one attached hydrogen (secondary N) is 1. The van der Waals surface area contributed by atoms with Crippen LogP contribution in [0.1, 0.15) is 55.4 Å². The lowest BCUT2D eigenvalue weighted by Crippen LogP contribution is -2.46. The van der Waals surface area contributed by atoms with Crippen LogP contribution in [0.25, 0.3) is 11.4 Å². The average molecular weight is 532 g/mol. The van der Waals surface area contributed by atoms with Crippen molar-refractivity contribution in [2.45, 2.75) is 52.6 Å². The van der Waals surface area contributed by atoms with Crippen LogP contribution in [-0.2, 0) is 16.8 Å². The molecule has 0 unspecified atom stereocenters. The summed E-state index contributed by atoms with van der Waals surface area (Å²) in [5.74, 6) is -1.51. The van der Waals surface area contributed by atoms with E-state index >= 15 is 0 Å². The molecule has 0 spiro atoms. The van der Waals surface area contributed by atoms with Crippen LogP contribution in [-0.4, -0.2) is 37.5 Å². The van der Waals surface area contributed by atoms with E-state index in [1.54, 1.807) is 45.0 Å². The molecule has 39 heavy (non-hydrogen) atoms. The maximum atomic E-state index is 13.4. The molecule has 2 heterocycles. The zero-order valence-corrected chi connectivity index (χ0v) is 22.4. The van der Waals surface area contributed by atoms with E-state index < -0.39 is 23.1 Å². The number of carbonyl (C=O) groups excluding carboxylic acids is 2. The third-order valence-electron chi connectivity index (χ3n) is 6.55. The zero-order valence-electron chi connectivity index (χ0n) is 22.4. The lowest BCUT2D eigenvalue weighted by molar-refractivity contribution is -0.122. The Hall–Kier alpha value is -4.47. The average Bonchev–Trinajstić information content (AvgIpc) is 3.42. The van der Waals surface area contributed by atoms with Crippen molar-refractivity contribution in [1.82, 2.24) is 25.1 Å². The first-order chi connectivity index (χ1) is 18.5. The molecule has 0 aliphatic heterocycles. The second-order valence-electron chi connectivity index (χ2n) is 10.2. The molecule has 1 N–H and O–H groups in total. The smallest absolute Gasteiger partial charge is 0.286 e. The van der Waals surface area contributed by atoms with E-state index in [1.807, 2.05) is 32.0 Å². The predicted octanol–water partition coefficient (Wildman–Crippen LogP) is 4.09. The standard InChI is InChI=1S/C29H30FN5O4/c1-17(2)23(24(37)26-33-34-28(39-26)29(4,5)20-11-13-21(30)14-12-20)32-22(36)16-35-25(19-9-7-6-8-10-19)31-15-18(3)27(35)38/h6-15,17,23H,16H2,1-5H3,(H,32,36)/t23-/m1/s1. The minimum atomic E-state index is -0.978. The first kappa shape index (κ1) is 27.6. The topological polar surface area (TPSA) is 120 Å². The fraction of sp³-hybridized carbons (Fsp3) is 0.310. The van der Waals surface area contributed by atoms with Crippen LogP contribution in [0.15, 0.2) is 70.0 Å². The Morgan fingerprint density at radius 2 is 1.72 bits per heavy atom. The summed E-state index contributed by atoms with van der Waals surface area (Å²) < 4.78 is 20.4. The highest BCUT2D eigenvalue weighted by molar-refractivity contribution is 5.98. The molecule has 4 rings (SSSR count). The molecule has 9 nitrogen and oxygen atoms in total. The monoisotopic (exact) mass is 531 g/mol. The van der Waals surface area contributed by atoms with Gasteiger partial charge < -0.3 is 9.73 Å². The third kappa shape index (κ3) is 5.84. The molecule has 0 saturated heterocycles. The van der Waals surface area contributed by atoms with Gasteiger partial charge in [-0.15, -0.1) is 10.2 Å². The number of benzene rings is 2. The molecule has 1 atom stereocenters. The molecule has 10 heteroatoms. The molecular formula is C29H30FN5O4. The maximum absolute atomic E-state index is 13.4. The highest BCUT2D eigenvalue weighted by atomic mass is 19.1. The summed E-state index contributed by atoms with van der Waals surface area (Å²) in [4.78, 5) is 43.8. The SMILES string of the molecule is Cc1cnc(-c2ccccc2)n(CC(=O)N[C@@H](C(=O)c2nnc(C(C)(C)c3ccc(F)cc3)o2)C(C)C)c1=O. The van der Waals surface area contributed by atoms with Gasteiger partial charge in [-0.05, 0) is 44.4 Å². The molecule has 0 aliphatic carbocycles. The van der Waals surface area contributed by atoms with Gasteiger partial charge in [0.15, 0.2) is 0 Å². The van der Waals surface area contributed by atoms with Crippen LogP contribution in [0.3, 0.4) is 0 Å². The normalized spacial score (nSPS) is 12.4. The van der Waals surface area contributed by atoms with E-state index in [2.05, 4.69) is 20.5 Å². The minimum Gasteiger partial charge on any atom is -0.417 e. The van der Waals surface area contributed by atoms with Gasteiger partial charge in [-0.25, -0.2) is 9.37 Å². The van der Waals surface area contributed by atoms with E-state index in [9.17, 15) is 18.8 Å². The molecule has 0 bridgehead atoms. The van der Waals surface area contributed by atoms with Crippen molar-refractivity contribution >= 4 is 11.7 Å². The summed E-state index contributed by atoms with van der Waals surface area (Å²) in [6.45, 7) is 8.49. The molecule has 0 aliphatic rings. The Morgan fingerprint density at radius 3 is 2.36 bits per heavy atom. The molecule has 202 valence electrons. The lowest BCUT2D eigenvalue weighted by atomic mass is 9.84. The first-order valence-corrected chi connectivity index (χ1v) is 12.5. The Kier molecular flexibility index (Phi) is 7.85. The highest BCUT2D eigenvalue weighted by Crippen LogP contribution is 2.30. The minimum absolute atomic E-state index is 0.177. The number of hydrogen-bond donors (Lipinski definition) is 1. The van der Waals surface area contributed by atoms with Crippen LogP contribution < -0.4 is 10.9 Å². The Balaban J connectivity index is 1.56. The molecule has 2 aromatic carbocycles. The fourth-order valence-corrected chi connectivity index (χ4v) is 4.15. The van der Waals surface area contributed by atoms with Gasteiger partial charge in [0.2, 0.25) is 17.6 Å². The van der Waals surface area contributed by atoms with Gasteiger partial charge in [-0.2, -0.15) is 0 Å². The van der Waals surface area contributed by atoms with Gasteiger partial charge in [-0.1, -0.05) is 56.3 Å². The number of nitrogens with zero attached hydrogens (tertiary/aromatic N) is 4. The van der Waals surface area contributed by atoms with E-state index in [0.29, 0.717) is 17.0 Å². The van der Waals surface area contributed by atoms with Crippen molar-refractivity contribution in [2.75, 3.05) is 0 Å². The number of hydrogen-bond acceptors (Lipinski definition) is 7. The Labute approximate surface area is 225 Å². The van der Waals surface area contributed by atoms with Crippen molar-refractivity contribution in [1.29, 1.82) is 0 Å². The summed E-state index contributed by atoms with van der Waals surface area (Å²) >= 11 is 0. The summed E-state index contributed by atoms with van der Waals surface area (Å²) in [5.41, 5.74) is 0.660. The number of rotatable bonds is 9. The van der Waals surface area contributed by atoms with Crippen molar-refractivity contribution in [3.8, 4) is 11.4 Å². The van der Waals surface area contributed by atoms with Gasteiger partial charge in [0.25, 0.3) is 11.4 Å². The molecular weight excluding hydrogens is 501 g/mol. The van der Waals surface area contributed by atoms with Crippen LogP contribution in [0.2, 0.25) is 0 Å². The van der Waals surface area contributed by atoms with E-state index in [0.717, 1.165) is 5.56 Å². The molecule has 2 aromatic heterocycles. The number of carbonyl (C=O) groups is 2. The maximum Gasteiger partial charge on any atom is 0.286 e. The van der Waals surface area contributed by atoms with Crippen molar-refractivity contribution in [3.63, 3.8) is 0 Å². The first-order valence-electron chi connectivity index (χ1n) is 12.5. The van der Waals surface area contributed by atoms with Gasteiger partial charge in [0.05, 0.1) is 11.5 Å². The number of aryl methyl sites for hydroxylation is 1. The summed E-state index contributed by atoms with van der Waals surface area (Å²) in [7, 11) is 0. The van der Waals surface area contributed by atoms with Gasteiger partial charge in [0, 0.05) is 17.3 Å². The second kappa shape index (κ2) is 11.1. The van der Waals surface area contributed by atoms with Gasteiger partial charge in [0.1, 0.15) is 18.2 Å². The van der Waals surface area contributed by atoms with Crippen molar-refractivity contribution < 1.29 is 18.4 Å². The number of aromatic nitrogens is 4. The number of Topliss-reactive ketones (excluding diaryl/α,β-unsaturated/α-hetero) is 1. The van der Waals surface area contributed by atoms with E-state index in [1.165, 1.54) is 22.9 Å². The largest absolute Gasteiger partial charge is 0.417 e. The quantitative estimate of drug-likeness (QED) is 0.323. The van der Waals surface area contributed by atoms with E-state index in [4.69, 9.17) is 4.42 Å². The van der Waals surface area contributed by atoms with Crippen molar-refractivity contribution in [3.05, 3.63) is 99.9 Å². The summed E-state index contributed by atoms with van der Waals surface area (Å²) in [5, 5.41) is 10.7. The van der Waals surface area contributed by atoms with Crippen LogP contribution >= 0.6 is 0 Å². The van der Waals surface area contributed by atoms with Crippen LogP contribution in [0.4, 0.5) is 4.39 Å². The molecule has 1 amide bonds. The fourth-order valence-electron chi connectivity index (χ4n) is 4.15. The number of halogens is 1. The molecule has 0 saturated carbocycles. The van der Waals surface area contributed by atoms with Gasteiger partial charge in [-0.3, -0.25) is 19.0 Å². The summed E-state index contributed by atoms with van der Waals surface area (Å²) in [6, 6.07) is 14.0. The second-order valence-corrected chi connectivity index (χ2v) is 10.2. The Bertz CT molecular complexity index is 1540. The zero-order chi connectivity index (χ0) is 28.3. The van der Waals surface area contributed by atoms with Crippen LogP contribution in [0.5, 0.6) is 0 Å². The predicted molar refractivity (Wildman–Crippen MR) is 143 cm³/mol.